The zero-order valence-electron chi connectivity index (χ0n) is 14.2. The van der Waals surface area contributed by atoms with E-state index in [1.54, 1.807) is 24.7 Å². The Morgan fingerprint density at radius 1 is 1.08 bits per heavy atom. The van der Waals surface area contributed by atoms with Crippen LogP contribution in [-0.2, 0) is 6.42 Å². The lowest BCUT2D eigenvalue weighted by Crippen LogP contribution is -2.48. The minimum Gasteiger partial charge on any atom is -0.393 e. The summed E-state index contributed by atoms with van der Waals surface area (Å²) in [5, 5.41) is 12.8. The number of nitrogens with zero attached hydrogens (tertiary/aromatic N) is 3. The van der Waals surface area contributed by atoms with Crippen molar-refractivity contribution in [3.63, 3.8) is 0 Å². The highest BCUT2D eigenvalue weighted by Crippen LogP contribution is 2.32. The van der Waals surface area contributed by atoms with Crippen LogP contribution in [0.25, 0.3) is 11.0 Å². The van der Waals surface area contributed by atoms with Crippen LogP contribution in [0.1, 0.15) is 28.9 Å². The van der Waals surface area contributed by atoms with E-state index in [4.69, 9.17) is 0 Å². The minimum atomic E-state index is -0.272. The first kappa shape index (κ1) is 16.6. The van der Waals surface area contributed by atoms with Crippen molar-refractivity contribution in [2.75, 3.05) is 0 Å². The molecule has 2 N–H and O–H groups in total. The van der Waals surface area contributed by atoms with Gasteiger partial charge in [0, 0.05) is 36.7 Å². The van der Waals surface area contributed by atoms with E-state index in [2.05, 4.69) is 20.3 Å². The third kappa shape index (κ3) is 3.41. The molecule has 0 spiro atoms. The molecular weight excluding hydrogens is 328 g/mol. The van der Waals surface area contributed by atoms with Crippen molar-refractivity contribution >= 4 is 16.9 Å². The topological polar surface area (TPSA) is 88.0 Å². The number of nitrogens with one attached hydrogen (secondary N) is 1. The summed E-state index contributed by atoms with van der Waals surface area (Å²) in [5.41, 5.74) is 2.73. The number of fused-ring (bicyclic) bond motifs is 1. The van der Waals surface area contributed by atoms with Crippen molar-refractivity contribution in [1.29, 1.82) is 0 Å². The Bertz CT molecular complexity index is 905. The maximum Gasteiger partial charge on any atom is 0.253 e. The highest BCUT2D eigenvalue weighted by molar-refractivity contribution is 6.04. The van der Waals surface area contributed by atoms with Crippen LogP contribution in [0.15, 0.2) is 55.0 Å². The van der Waals surface area contributed by atoms with Gasteiger partial charge in [-0.2, -0.15) is 0 Å². The van der Waals surface area contributed by atoms with Crippen LogP contribution < -0.4 is 5.32 Å². The molecule has 1 aliphatic rings. The minimum absolute atomic E-state index is 0.0762. The Balaban J connectivity index is 1.57. The monoisotopic (exact) mass is 348 g/mol. The van der Waals surface area contributed by atoms with E-state index in [0.29, 0.717) is 35.9 Å². The average molecular weight is 348 g/mol. The van der Waals surface area contributed by atoms with Gasteiger partial charge >= 0.3 is 0 Å². The molecule has 2 aromatic heterocycles. The Labute approximate surface area is 151 Å². The molecule has 3 aromatic rings. The number of benzene rings is 1. The maximum atomic E-state index is 12.9. The zero-order valence-corrected chi connectivity index (χ0v) is 14.2. The number of hydrogen-bond donors (Lipinski definition) is 2. The van der Waals surface area contributed by atoms with E-state index in [1.807, 2.05) is 30.3 Å². The van der Waals surface area contributed by atoms with Crippen LogP contribution in [0.5, 0.6) is 0 Å². The van der Waals surface area contributed by atoms with Crippen LogP contribution in [0.4, 0.5) is 0 Å². The second kappa shape index (κ2) is 7.17. The summed E-state index contributed by atoms with van der Waals surface area (Å²) in [4.78, 5) is 25.9. The fourth-order valence-electron chi connectivity index (χ4n) is 3.46. The molecule has 0 saturated heterocycles. The van der Waals surface area contributed by atoms with Crippen LogP contribution in [0, 0.1) is 5.92 Å². The smallest absolute Gasteiger partial charge is 0.253 e. The molecule has 2 heterocycles. The molecule has 6 heteroatoms. The van der Waals surface area contributed by atoms with E-state index in [1.165, 1.54) is 0 Å². The van der Waals surface area contributed by atoms with E-state index in [0.717, 1.165) is 5.69 Å². The van der Waals surface area contributed by atoms with Crippen molar-refractivity contribution in [1.82, 2.24) is 20.3 Å². The van der Waals surface area contributed by atoms with Gasteiger partial charge in [-0.25, -0.2) is 0 Å². The molecule has 26 heavy (non-hydrogen) atoms. The molecule has 0 aliphatic heterocycles. The number of carbonyl (C=O) groups excluding carboxylic acids is 1. The molecule has 0 radical (unpaired) electrons. The Hall–Kier alpha value is -2.86. The van der Waals surface area contributed by atoms with Gasteiger partial charge in [0.25, 0.3) is 5.91 Å². The predicted molar refractivity (Wildman–Crippen MR) is 97.5 cm³/mol. The lowest BCUT2D eigenvalue weighted by molar-refractivity contribution is 0.0238. The van der Waals surface area contributed by atoms with E-state index in [9.17, 15) is 9.90 Å². The summed E-state index contributed by atoms with van der Waals surface area (Å²) in [6.07, 6.45) is 6.73. The number of carbonyl (C=O) groups is 1. The molecule has 1 aliphatic carbocycles. The Morgan fingerprint density at radius 2 is 1.92 bits per heavy atom. The highest BCUT2D eigenvalue weighted by Gasteiger charge is 2.35. The third-order valence-corrected chi connectivity index (χ3v) is 4.93. The van der Waals surface area contributed by atoms with Crippen molar-refractivity contribution in [2.24, 2.45) is 5.92 Å². The first-order chi connectivity index (χ1) is 12.7. The SMILES string of the molecule is O=C(N[C@@H](Cc1ccccn1)C1CC(O)C1)c1cccc2nccnc12. The number of hydrogen-bond acceptors (Lipinski definition) is 5. The van der Waals surface area contributed by atoms with Gasteiger partial charge in [-0.3, -0.25) is 19.7 Å². The molecule has 132 valence electrons. The molecule has 0 unspecified atom stereocenters. The van der Waals surface area contributed by atoms with Crippen LogP contribution in [0.2, 0.25) is 0 Å². The van der Waals surface area contributed by atoms with Crippen LogP contribution in [-0.4, -0.2) is 38.1 Å². The first-order valence-electron chi connectivity index (χ1n) is 8.79. The number of amides is 1. The van der Waals surface area contributed by atoms with Crippen LogP contribution >= 0.6 is 0 Å². The molecule has 1 aromatic carbocycles. The highest BCUT2D eigenvalue weighted by atomic mass is 16.3. The van der Waals surface area contributed by atoms with Gasteiger partial charge in [-0.05, 0) is 43.0 Å². The fourth-order valence-corrected chi connectivity index (χ4v) is 3.46. The summed E-state index contributed by atoms with van der Waals surface area (Å²) in [6.45, 7) is 0. The fraction of sp³-hybridized carbons (Fsp3) is 0.300. The summed E-state index contributed by atoms with van der Waals surface area (Å²) in [6, 6.07) is 11.1. The van der Waals surface area contributed by atoms with E-state index < -0.39 is 0 Å². The summed E-state index contributed by atoms with van der Waals surface area (Å²) < 4.78 is 0. The number of aliphatic hydroxyl groups excluding tert-OH is 1. The third-order valence-electron chi connectivity index (χ3n) is 4.93. The second-order valence-electron chi connectivity index (χ2n) is 6.72. The molecule has 1 fully saturated rings. The maximum absolute atomic E-state index is 12.9. The van der Waals surface area contributed by atoms with Gasteiger partial charge in [-0.1, -0.05) is 12.1 Å². The second-order valence-corrected chi connectivity index (χ2v) is 6.72. The van der Waals surface area contributed by atoms with Gasteiger partial charge in [0.2, 0.25) is 0 Å². The van der Waals surface area contributed by atoms with Crippen molar-refractivity contribution in [3.05, 3.63) is 66.2 Å². The summed E-state index contributed by atoms with van der Waals surface area (Å²) >= 11 is 0. The van der Waals surface area contributed by atoms with Gasteiger partial charge < -0.3 is 10.4 Å². The van der Waals surface area contributed by atoms with E-state index >= 15 is 0 Å². The average Bonchev–Trinajstić information content (AvgIpc) is 2.65. The molecule has 6 nitrogen and oxygen atoms in total. The zero-order chi connectivity index (χ0) is 17.9. The lowest BCUT2D eigenvalue weighted by atomic mass is 9.76. The first-order valence-corrected chi connectivity index (χ1v) is 8.79. The van der Waals surface area contributed by atoms with Gasteiger partial charge in [0.1, 0.15) is 5.52 Å². The molecular formula is C20H20N4O2. The standard InChI is InChI=1S/C20H20N4O2/c25-15-10-13(11-15)18(12-14-4-1-2-7-21-14)24-20(26)16-5-3-6-17-19(16)23-9-8-22-17/h1-9,13,15,18,25H,10-12H2,(H,24,26)/t13?,15?,18-/m0/s1. The van der Waals surface area contributed by atoms with Crippen LogP contribution in [0.3, 0.4) is 0 Å². The van der Waals surface area contributed by atoms with Crippen molar-refractivity contribution < 1.29 is 9.90 Å². The molecule has 0 bridgehead atoms. The lowest BCUT2D eigenvalue weighted by Gasteiger charge is -2.38. The van der Waals surface area contributed by atoms with Crippen molar-refractivity contribution in [3.8, 4) is 0 Å². The Kier molecular flexibility index (Phi) is 4.58. The summed E-state index contributed by atoms with van der Waals surface area (Å²) in [5.74, 6) is 0.0791. The molecule has 4 rings (SSSR count). The van der Waals surface area contributed by atoms with Gasteiger partial charge in [0.15, 0.2) is 0 Å². The number of aliphatic hydroxyl groups is 1. The summed E-state index contributed by atoms with van der Waals surface area (Å²) in [7, 11) is 0. The number of rotatable bonds is 5. The van der Waals surface area contributed by atoms with Gasteiger partial charge in [0.05, 0.1) is 17.2 Å². The quantitative estimate of drug-likeness (QED) is 0.737. The van der Waals surface area contributed by atoms with E-state index in [-0.39, 0.29) is 24.0 Å². The molecule has 1 saturated carbocycles. The molecule has 1 atom stereocenters. The predicted octanol–water partition coefficient (Wildman–Crippen LogP) is 2.14. The van der Waals surface area contributed by atoms with Crippen molar-refractivity contribution in [2.45, 2.75) is 31.4 Å². The normalized spacial score (nSPS) is 20.3. The largest absolute Gasteiger partial charge is 0.393 e. The number of para-hydroxylation sites is 1. The Morgan fingerprint density at radius 3 is 2.69 bits per heavy atom. The molecule has 1 amide bonds. The van der Waals surface area contributed by atoms with Gasteiger partial charge in [-0.15, -0.1) is 0 Å². The number of pyridine rings is 1. The number of aromatic nitrogens is 3.